The lowest BCUT2D eigenvalue weighted by molar-refractivity contribution is 0.0696. The van der Waals surface area contributed by atoms with E-state index < -0.39 is 11.8 Å². The van der Waals surface area contributed by atoms with E-state index in [0.717, 1.165) is 18.2 Å². The number of carbonyl (C=O) groups is 1. The van der Waals surface area contributed by atoms with Gasteiger partial charge in [0.15, 0.2) is 0 Å². The maximum Gasteiger partial charge on any atom is 0.336 e. The molecule has 16 heavy (non-hydrogen) atoms. The number of aromatic carboxylic acids is 1. The largest absolute Gasteiger partial charge is 0.478 e. The van der Waals surface area contributed by atoms with Crippen LogP contribution in [0.4, 0.5) is 4.39 Å². The minimum atomic E-state index is -1.19. The molecule has 0 saturated heterocycles. The van der Waals surface area contributed by atoms with Crippen molar-refractivity contribution in [1.82, 2.24) is 0 Å². The average Bonchev–Trinajstić information content (AvgIpc) is 2.24. The predicted molar refractivity (Wildman–Crippen MR) is 54.3 cm³/mol. The summed E-state index contributed by atoms with van der Waals surface area (Å²) in [4.78, 5) is 13.2. The Morgan fingerprint density at radius 2 is 2.38 bits per heavy atom. The molecule has 1 N–H and O–H groups in total. The highest BCUT2D eigenvalue weighted by molar-refractivity contribution is 5.90. The summed E-state index contributed by atoms with van der Waals surface area (Å²) in [5, 5.41) is 11.9. The summed E-state index contributed by atoms with van der Waals surface area (Å²) in [5.41, 5.74) is 7.95. The molecule has 0 aromatic heterocycles. The minimum absolute atomic E-state index is 0.0561. The van der Waals surface area contributed by atoms with Crippen LogP contribution in [0, 0.1) is 17.7 Å². The third-order valence-electron chi connectivity index (χ3n) is 1.65. The highest BCUT2D eigenvalue weighted by Crippen LogP contribution is 2.10. The van der Waals surface area contributed by atoms with Gasteiger partial charge >= 0.3 is 5.97 Å². The van der Waals surface area contributed by atoms with Crippen LogP contribution in [0.25, 0.3) is 10.4 Å². The molecule has 0 saturated carbocycles. The molecule has 1 aromatic carbocycles. The SMILES string of the molecule is [N-]=[N+]=NCC#Cc1cc(F)ccc1C(=O)O. The van der Waals surface area contributed by atoms with Crippen LogP contribution >= 0.6 is 0 Å². The fraction of sp³-hybridized carbons (Fsp3) is 0.100. The van der Waals surface area contributed by atoms with Crippen molar-refractivity contribution >= 4 is 5.97 Å². The van der Waals surface area contributed by atoms with Crippen molar-refractivity contribution in [2.45, 2.75) is 0 Å². The second-order valence-electron chi connectivity index (χ2n) is 2.69. The first-order valence-electron chi connectivity index (χ1n) is 4.17. The van der Waals surface area contributed by atoms with E-state index in [0.29, 0.717) is 0 Å². The number of carboxylic acids is 1. The van der Waals surface area contributed by atoms with Crippen LogP contribution in [-0.2, 0) is 0 Å². The Hall–Kier alpha value is -2.51. The van der Waals surface area contributed by atoms with E-state index in [1.165, 1.54) is 0 Å². The molecule has 0 fully saturated rings. The van der Waals surface area contributed by atoms with Gasteiger partial charge in [-0.05, 0) is 23.7 Å². The van der Waals surface area contributed by atoms with Crippen LogP contribution in [-0.4, -0.2) is 17.6 Å². The summed E-state index contributed by atoms with van der Waals surface area (Å²) in [6.07, 6.45) is 0. The molecule has 1 rings (SSSR count). The summed E-state index contributed by atoms with van der Waals surface area (Å²) < 4.78 is 12.8. The third kappa shape index (κ3) is 3.01. The number of azide groups is 1. The predicted octanol–water partition coefficient (Wildman–Crippen LogP) is 2.19. The monoisotopic (exact) mass is 219 g/mol. The van der Waals surface area contributed by atoms with Crippen LogP contribution in [0.15, 0.2) is 23.3 Å². The standard InChI is InChI=1S/C10H6FN3O2/c11-8-3-4-9(10(15)16)7(6-8)2-1-5-13-14-12/h3-4,6H,5H2,(H,15,16). The highest BCUT2D eigenvalue weighted by atomic mass is 19.1. The molecule has 0 spiro atoms. The molecule has 80 valence electrons. The topological polar surface area (TPSA) is 86.1 Å². The van der Waals surface area contributed by atoms with Gasteiger partial charge < -0.3 is 5.11 Å². The van der Waals surface area contributed by atoms with Gasteiger partial charge in [-0.1, -0.05) is 17.0 Å². The summed E-state index contributed by atoms with van der Waals surface area (Å²) in [6.45, 7) is -0.0912. The quantitative estimate of drug-likeness (QED) is 0.357. The highest BCUT2D eigenvalue weighted by Gasteiger charge is 2.08. The van der Waals surface area contributed by atoms with Crippen molar-refractivity contribution in [3.63, 3.8) is 0 Å². The number of hydrogen-bond donors (Lipinski definition) is 1. The van der Waals surface area contributed by atoms with Crippen LogP contribution in [0.1, 0.15) is 15.9 Å². The normalized spacial score (nSPS) is 8.56. The van der Waals surface area contributed by atoms with Gasteiger partial charge in [-0.25, -0.2) is 9.18 Å². The van der Waals surface area contributed by atoms with Gasteiger partial charge in [-0.2, -0.15) is 0 Å². The van der Waals surface area contributed by atoms with E-state index in [2.05, 4.69) is 21.9 Å². The molecule has 0 aliphatic rings. The average molecular weight is 219 g/mol. The summed E-state index contributed by atoms with van der Waals surface area (Å²) >= 11 is 0. The number of hydrogen-bond acceptors (Lipinski definition) is 2. The van der Waals surface area contributed by atoms with E-state index in [1.807, 2.05) is 0 Å². The molecule has 0 heterocycles. The van der Waals surface area contributed by atoms with Gasteiger partial charge in [-0.15, -0.1) is 0 Å². The van der Waals surface area contributed by atoms with Gasteiger partial charge in [0.2, 0.25) is 0 Å². The second kappa shape index (κ2) is 5.39. The zero-order valence-electron chi connectivity index (χ0n) is 8.01. The number of halogens is 1. The zero-order chi connectivity index (χ0) is 12.0. The van der Waals surface area contributed by atoms with Crippen LogP contribution in [0.3, 0.4) is 0 Å². The van der Waals surface area contributed by atoms with Crippen molar-refractivity contribution in [3.8, 4) is 11.8 Å². The number of rotatable bonds is 2. The Bertz CT molecular complexity index is 525. The Kier molecular flexibility index (Phi) is 3.90. The fourth-order valence-corrected chi connectivity index (χ4v) is 1.01. The van der Waals surface area contributed by atoms with Crippen molar-refractivity contribution in [2.75, 3.05) is 6.54 Å². The lowest BCUT2D eigenvalue weighted by atomic mass is 10.1. The van der Waals surface area contributed by atoms with Crippen LogP contribution < -0.4 is 0 Å². The summed E-state index contributed by atoms with van der Waals surface area (Å²) in [5.74, 6) is 3.10. The summed E-state index contributed by atoms with van der Waals surface area (Å²) in [6, 6.07) is 3.20. The zero-order valence-corrected chi connectivity index (χ0v) is 8.01. The van der Waals surface area contributed by atoms with Crippen molar-refractivity contribution in [1.29, 1.82) is 0 Å². The Labute approximate surface area is 90.1 Å². The van der Waals surface area contributed by atoms with E-state index in [1.54, 1.807) is 0 Å². The first-order valence-corrected chi connectivity index (χ1v) is 4.17. The molecule has 0 atom stereocenters. The molecule has 5 nitrogen and oxygen atoms in total. The van der Waals surface area contributed by atoms with Gasteiger partial charge in [0.05, 0.1) is 12.1 Å². The van der Waals surface area contributed by atoms with Gasteiger partial charge in [0, 0.05) is 10.5 Å². The van der Waals surface area contributed by atoms with Gasteiger partial charge in [0.1, 0.15) is 5.82 Å². The molecule has 0 aliphatic heterocycles. The van der Waals surface area contributed by atoms with E-state index in [9.17, 15) is 9.18 Å². The fourth-order valence-electron chi connectivity index (χ4n) is 1.01. The molecule has 6 heteroatoms. The van der Waals surface area contributed by atoms with Crippen molar-refractivity contribution < 1.29 is 14.3 Å². The Morgan fingerprint density at radius 3 is 3.00 bits per heavy atom. The molecular formula is C10H6FN3O2. The lowest BCUT2D eigenvalue weighted by Gasteiger charge is -1.98. The molecule has 1 aromatic rings. The number of benzene rings is 1. The first-order chi connectivity index (χ1) is 7.65. The maximum atomic E-state index is 12.8. The van der Waals surface area contributed by atoms with Gasteiger partial charge in [-0.3, -0.25) is 0 Å². The second-order valence-corrected chi connectivity index (χ2v) is 2.69. The Morgan fingerprint density at radius 1 is 1.62 bits per heavy atom. The minimum Gasteiger partial charge on any atom is -0.478 e. The molecule has 0 aliphatic carbocycles. The van der Waals surface area contributed by atoms with Crippen molar-refractivity contribution in [2.24, 2.45) is 5.11 Å². The van der Waals surface area contributed by atoms with E-state index in [4.69, 9.17) is 10.6 Å². The molecule has 0 radical (unpaired) electrons. The smallest absolute Gasteiger partial charge is 0.336 e. The van der Waals surface area contributed by atoms with Crippen LogP contribution in [0.2, 0.25) is 0 Å². The molecular weight excluding hydrogens is 213 g/mol. The summed E-state index contributed by atoms with van der Waals surface area (Å²) in [7, 11) is 0. The Balaban J connectivity index is 3.08. The van der Waals surface area contributed by atoms with Gasteiger partial charge in [0.25, 0.3) is 0 Å². The lowest BCUT2D eigenvalue weighted by Crippen LogP contribution is -2.00. The maximum absolute atomic E-state index is 12.8. The van der Waals surface area contributed by atoms with Crippen molar-refractivity contribution in [3.05, 3.63) is 45.6 Å². The number of carboxylic acid groups (broad SMARTS) is 1. The third-order valence-corrected chi connectivity index (χ3v) is 1.65. The number of nitrogens with zero attached hydrogens (tertiary/aromatic N) is 3. The van der Waals surface area contributed by atoms with E-state index in [-0.39, 0.29) is 17.7 Å². The first kappa shape index (κ1) is 11.6. The van der Waals surface area contributed by atoms with E-state index >= 15 is 0 Å². The molecule has 0 amide bonds. The molecule has 0 bridgehead atoms. The molecule has 0 unspecified atom stereocenters. The van der Waals surface area contributed by atoms with Crippen LogP contribution in [0.5, 0.6) is 0 Å².